The number of sulfonamides is 1. The smallest absolute Gasteiger partial charge is 0.242 e. The van der Waals surface area contributed by atoms with Crippen molar-refractivity contribution < 1.29 is 17.9 Å². The van der Waals surface area contributed by atoms with Crippen molar-refractivity contribution in [1.29, 1.82) is 0 Å². The van der Waals surface area contributed by atoms with E-state index < -0.39 is 10.0 Å². The Bertz CT molecular complexity index is 972. The Hall–Kier alpha value is -2.78. The second-order valence-corrected chi connectivity index (χ2v) is 8.87. The molecule has 0 saturated heterocycles. The van der Waals surface area contributed by atoms with Crippen LogP contribution in [0.2, 0.25) is 0 Å². The van der Waals surface area contributed by atoms with E-state index in [9.17, 15) is 8.42 Å². The molecule has 0 fully saturated rings. The molecular formula is C20H26N4O4S. The van der Waals surface area contributed by atoms with Gasteiger partial charge in [-0.3, -0.25) is 4.99 Å². The van der Waals surface area contributed by atoms with Gasteiger partial charge in [0.05, 0.1) is 4.90 Å². The molecule has 2 aromatic rings. The average Bonchev–Trinajstić information content (AvgIpc) is 3.18. The van der Waals surface area contributed by atoms with Crippen molar-refractivity contribution in [2.75, 3.05) is 34.5 Å². The summed E-state index contributed by atoms with van der Waals surface area (Å²) in [4.78, 5) is 4.49. The third-order valence-corrected chi connectivity index (χ3v) is 6.36. The lowest BCUT2D eigenvalue weighted by molar-refractivity contribution is 0.174. The summed E-state index contributed by atoms with van der Waals surface area (Å²) in [6, 6.07) is 12.8. The average molecular weight is 419 g/mol. The highest BCUT2D eigenvalue weighted by atomic mass is 32.2. The molecule has 1 heterocycles. The van der Waals surface area contributed by atoms with Crippen molar-refractivity contribution in [3.8, 4) is 11.5 Å². The largest absolute Gasteiger partial charge is 0.454 e. The monoisotopic (exact) mass is 418 g/mol. The summed E-state index contributed by atoms with van der Waals surface area (Å²) in [7, 11) is 1.33. The predicted octanol–water partition coefficient (Wildman–Crippen LogP) is 1.57. The van der Waals surface area contributed by atoms with Crippen LogP contribution in [0.3, 0.4) is 0 Å². The number of aliphatic imine (C=N–C) groups is 1. The normalized spacial score (nSPS) is 13.6. The number of hydrogen-bond acceptors (Lipinski definition) is 5. The summed E-state index contributed by atoms with van der Waals surface area (Å²) in [5, 5.41) is 6.50. The van der Waals surface area contributed by atoms with E-state index in [0.717, 1.165) is 29.0 Å². The standard InChI is InChI=1S/C20H26N4O4S/c1-21-20(22-11-10-15-6-9-18-19(12-15)28-14-27-18)23-13-16-4-7-17(8-5-16)29(25,26)24(2)3/h4-9,12H,10-11,13-14H2,1-3H3,(H2,21,22,23). The van der Waals surface area contributed by atoms with E-state index in [1.807, 2.05) is 18.2 Å². The molecule has 29 heavy (non-hydrogen) atoms. The van der Waals surface area contributed by atoms with Gasteiger partial charge in [0.2, 0.25) is 16.8 Å². The van der Waals surface area contributed by atoms with Gasteiger partial charge in [-0.2, -0.15) is 0 Å². The Morgan fingerprint density at radius 3 is 2.41 bits per heavy atom. The van der Waals surface area contributed by atoms with Crippen LogP contribution < -0.4 is 20.1 Å². The highest BCUT2D eigenvalue weighted by molar-refractivity contribution is 7.89. The number of rotatable bonds is 7. The molecule has 9 heteroatoms. The minimum absolute atomic E-state index is 0.273. The first-order valence-corrected chi connectivity index (χ1v) is 10.7. The topological polar surface area (TPSA) is 92.3 Å². The van der Waals surface area contributed by atoms with Gasteiger partial charge in [0.15, 0.2) is 17.5 Å². The summed E-state index contributed by atoms with van der Waals surface area (Å²) in [6.07, 6.45) is 0.814. The highest BCUT2D eigenvalue weighted by Gasteiger charge is 2.16. The molecular weight excluding hydrogens is 392 g/mol. The lowest BCUT2D eigenvalue weighted by atomic mass is 10.1. The number of guanidine groups is 1. The van der Waals surface area contributed by atoms with Gasteiger partial charge < -0.3 is 20.1 Å². The maximum absolute atomic E-state index is 12.1. The van der Waals surface area contributed by atoms with Gasteiger partial charge in [0, 0.05) is 34.2 Å². The predicted molar refractivity (Wildman–Crippen MR) is 112 cm³/mol. The van der Waals surface area contributed by atoms with E-state index in [-0.39, 0.29) is 11.7 Å². The van der Waals surface area contributed by atoms with Crippen molar-refractivity contribution in [3.63, 3.8) is 0 Å². The second kappa shape index (κ2) is 9.15. The van der Waals surface area contributed by atoms with Crippen LogP contribution in [0.1, 0.15) is 11.1 Å². The maximum Gasteiger partial charge on any atom is 0.242 e. The molecule has 1 aliphatic rings. The Kier molecular flexibility index (Phi) is 6.60. The lowest BCUT2D eigenvalue weighted by Crippen LogP contribution is -2.37. The lowest BCUT2D eigenvalue weighted by Gasteiger charge is -2.13. The summed E-state index contributed by atoms with van der Waals surface area (Å²) in [5.41, 5.74) is 2.11. The van der Waals surface area contributed by atoms with Gasteiger partial charge in [-0.15, -0.1) is 0 Å². The van der Waals surface area contributed by atoms with E-state index in [1.54, 1.807) is 31.3 Å². The van der Waals surface area contributed by atoms with Gasteiger partial charge in [-0.1, -0.05) is 18.2 Å². The van der Waals surface area contributed by atoms with Crippen LogP contribution >= 0.6 is 0 Å². The molecule has 0 radical (unpaired) electrons. The number of ether oxygens (including phenoxy) is 2. The number of nitrogens with zero attached hydrogens (tertiary/aromatic N) is 2. The summed E-state index contributed by atoms with van der Waals surface area (Å²) >= 11 is 0. The van der Waals surface area contributed by atoms with Gasteiger partial charge in [0.1, 0.15) is 0 Å². The molecule has 0 aromatic heterocycles. The van der Waals surface area contributed by atoms with Crippen LogP contribution in [0.4, 0.5) is 0 Å². The number of nitrogens with one attached hydrogen (secondary N) is 2. The molecule has 0 aliphatic carbocycles. The Morgan fingerprint density at radius 1 is 1.03 bits per heavy atom. The third kappa shape index (κ3) is 5.18. The minimum Gasteiger partial charge on any atom is -0.454 e. The quantitative estimate of drug-likeness (QED) is 0.524. The molecule has 0 unspecified atom stereocenters. The van der Waals surface area contributed by atoms with E-state index in [4.69, 9.17) is 9.47 Å². The Labute approximate surface area is 171 Å². The Balaban J connectivity index is 1.48. The molecule has 2 aromatic carbocycles. The van der Waals surface area contributed by atoms with Crippen LogP contribution in [-0.2, 0) is 23.0 Å². The summed E-state index contributed by atoms with van der Waals surface area (Å²) in [6.45, 7) is 1.51. The fourth-order valence-electron chi connectivity index (χ4n) is 2.82. The molecule has 156 valence electrons. The second-order valence-electron chi connectivity index (χ2n) is 6.72. The van der Waals surface area contributed by atoms with Gasteiger partial charge in [0.25, 0.3) is 0 Å². The fourth-order valence-corrected chi connectivity index (χ4v) is 3.72. The molecule has 1 aliphatic heterocycles. The van der Waals surface area contributed by atoms with E-state index in [0.29, 0.717) is 19.0 Å². The van der Waals surface area contributed by atoms with Gasteiger partial charge in [-0.25, -0.2) is 12.7 Å². The highest BCUT2D eigenvalue weighted by Crippen LogP contribution is 2.32. The van der Waals surface area contributed by atoms with Crippen LogP contribution in [-0.4, -0.2) is 53.2 Å². The Morgan fingerprint density at radius 2 is 1.72 bits per heavy atom. The van der Waals surface area contributed by atoms with Crippen LogP contribution in [0.5, 0.6) is 11.5 Å². The van der Waals surface area contributed by atoms with Gasteiger partial charge in [-0.05, 0) is 41.8 Å². The van der Waals surface area contributed by atoms with Crippen LogP contribution in [0.25, 0.3) is 0 Å². The molecule has 0 saturated carbocycles. The fraction of sp³-hybridized carbons (Fsp3) is 0.350. The zero-order chi connectivity index (χ0) is 20.9. The maximum atomic E-state index is 12.1. The summed E-state index contributed by atoms with van der Waals surface area (Å²) < 4.78 is 36.2. The van der Waals surface area contributed by atoms with E-state index >= 15 is 0 Å². The van der Waals surface area contributed by atoms with E-state index in [1.165, 1.54) is 18.4 Å². The third-order valence-electron chi connectivity index (χ3n) is 4.53. The van der Waals surface area contributed by atoms with E-state index in [2.05, 4.69) is 15.6 Å². The van der Waals surface area contributed by atoms with Crippen LogP contribution in [0.15, 0.2) is 52.4 Å². The molecule has 0 bridgehead atoms. The van der Waals surface area contributed by atoms with Crippen molar-refractivity contribution >= 4 is 16.0 Å². The molecule has 0 spiro atoms. The van der Waals surface area contributed by atoms with Crippen molar-refractivity contribution in [1.82, 2.24) is 14.9 Å². The minimum atomic E-state index is -3.41. The zero-order valence-electron chi connectivity index (χ0n) is 16.8. The number of benzene rings is 2. The van der Waals surface area contributed by atoms with Crippen molar-refractivity contribution in [2.24, 2.45) is 4.99 Å². The van der Waals surface area contributed by atoms with Gasteiger partial charge >= 0.3 is 0 Å². The molecule has 3 rings (SSSR count). The molecule has 0 amide bonds. The molecule has 8 nitrogen and oxygen atoms in total. The first-order valence-electron chi connectivity index (χ1n) is 9.24. The molecule has 2 N–H and O–H groups in total. The van der Waals surface area contributed by atoms with Crippen molar-refractivity contribution in [2.45, 2.75) is 17.9 Å². The number of fused-ring (bicyclic) bond motifs is 1. The number of hydrogen-bond donors (Lipinski definition) is 2. The van der Waals surface area contributed by atoms with Crippen molar-refractivity contribution in [3.05, 3.63) is 53.6 Å². The first kappa shape index (κ1) is 20.9. The zero-order valence-corrected chi connectivity index (χ0v) is 17.6. The SMILES string of the molecule is CN=C(NCCc1ccc2c(c1)OCO2)NCc1ccc(S(=O)(=O)N(C)C)cc1. The molecule has 0 atom stereocenters. The summed E-state index contributed by atoms with van der Waals surface area (Å²) in [5.74, 6) is 2.24. The first-order chi connectivity index (χ1) is 13.9. The van der Waals surface area contributed by atoms with Crippen LogP contribution in [0, 0.1) is 0 Å².